The molecule has 0 aromatic heterocycles. The molecule has 0 saturated carbocycles. The zero-order chi connectivity index (χ0) is 15.4. The summed E-state index contributed by atoms with van der Waals surface area (Å²) in [7, 11) is -3.56. The molecule has 1 rings (SSSR count). The minimum atomic E-state index is -3.56. The van der Waals surface area contributed by atoms with E-state index in [1.165, 1.54) is 0 Å². The molecule has 1 aromatic carbocycles. The summed E-state index contributed by atoms with van der Waals surface area (Å²) in [6.07, 6.45) is 0. The third-order valence-corrected chi connectivity index (χ3v) is 4.31. The van der Waals surface area contributed by atoms with Crippen molar-refractivity contribution < 1.29 is 13.6 Å². The van der Waals surface area contributed by atoms with Crippen molar-refractivity contribution in [2.45, 2.75) is 26.8 Å². The van der Waals surface area contributed by atoms with Crippen molar-refractivity contribution in [1.82, 2.24) is 4.72 Å². The molecule has 0 spiro atoms. The van der Waals surface area contributed by atoms with Crippen molar-refractivity contribution in [3.63, 3.8) is 0 Å². The van der Waals surface area contributed by atoms with Gasteiger partial charge in [0.2, 0.25) is 10.0 Å². The lowest BCUT2D eigenvalue weighted by atomic mass is 10.0. The molecular weight excluding hydrogens is 278 g/mol. The highest BCUT2D eigenvalue weighted by atomic mass is 32.2. The Balaban J connectivity index is 3.04. The van der Waals surface area contributed by atoms with Gasteiger partial charge in [-0.2, -0.15) is 4.72 Å². The summed E-state index contributed by atoms with van der Waals surface area (Å²) in [4.78, 5) is 0. The van der Waals surface area contributed by atoms with Gasteiger partial charge >= 0.3 is 0 Å². The Kier molecular flexibility index (Phi) is 5.13. The molecular formula is C13H21N3O3S. The maximum absolute atomic E-state index is 12.1. The van der Waals surface area contributed by atoms with Gasteiger partial charge in [-0.25, -0.2) is 8.42 Å². The quantitative estimate of drug-likeness (QED) is 0.331. The summed E-state index contributed by atoms with van der Waals surface area (Å²) in [5.41, 5.74) is 5.81. The topological polar surface area (TPSA) is 105 Å². The largest absolute Gasteiger partial charge is 0.409 e. The van der Waals surface area contributed by atoms with Crippen LogP contribution >= 0.6 is 0 Å². The normalized spacial score (nSPS) is 15.1. The molecule has 4 N–H and O–H groups in total. The number of hydrogen-bond acceptors (Lipinski definition) is 4. The van der Waals surface area contributed by atoms with Crippen molar-refractivity contribution in [3.05, 3.63) is 35.9 Å². The van der Waals surface area contributed by atoms with Gasteiger partial charge in [-0.15, -0.1) is 0 Å². The zero-order valence-corrected chi connectivity index (χ0v) is 12.7. The van der Waals surface area contributed by atoms with Crippen LogP contribution in [0.3, 0.4) is 0 Å². The number of sulfonamides is 1. The van der Waals surface area contributed by atoms with Crippen LogP contribution in [0.25, 0.3) is 0 Å². The van der Waals surface area contributed by atoms with Gasteiger partial charge < -0.3 is 10.9 Å². The molecule has 0 aliphatic carbocycles. The van der Waals surface area contributed by atoms with Gasteiger partial charge in [0.25, 0.3) is 0 Å². The lowest BCUT2D eigenvalue weighted by Gasteiger charge is -2.22. The highest BCUT2D eigenvalue weighted by Gasteiger charge is 2.27. The standard InChI is InChI=1S/C13H21N3O3S/c1-13(2,3)9-20(18,19)16-11(12(14)15-17)10-7-5-4-6-8-10/h4-8,11,16-17H,9H2,1-3H3,(H2,14,15). The molecule has 0 amide bonds. The van der Waals surface area contributed by atoms with Gasteiger partial charge in [-0.3, -0.25) is 0 Å². The molecule has 0 heterocycles. The van der Waals surface area contributed by atoms with Crippen LogP contribution in [0.15, 0.2) is 35.5 Å². The van der Waals surface area contributed by atoms with E-state index in [0.717, 1.165) is 0 Å². The molecule has 20 heavy (non-hydrogen) atoms. The molecule has 1 aromatic rings. The van der Waals surface area contributed by atoms with E-state index in [9.17, 15) is 8.42 Å². The molecule has 1 unspecified atom stereocenters. The number of benzene rings is 1. The van der Waals surface area contributed by atoms with Crippen LogP contribution in [0.4, 0.5) is 0 Å². The molecule has 1 atom stereocenters. The van der Waals surface area contributed by atoms with Gasteiger partial charge in [0.1, 0.15) is 6.04 Å². The fraction of sp³-hybridized carbons (Fsp3) is 0.462. The van der Waals surface area contributed by atoms with Crippen LogP contribution in [0.2, 0.25) is 0 Å². The maximum atomic E-state index is 12.1. The van der Waals surface area contributed by atoms with Crippen molar-refractivity contribution in [1.29, 1.82) is 0 Å². The molecule has 0 aliphatic heterocycles. The summed E-state index contributed by atoms with van der Waals surface area (Å²) in [5, 5.41) is 11.7. The van der Waals surface area contributed by atoms with Crippen molar-refractivity contribution in [2.24, 2.45) is 16.3 Å². The van der Waals surface area contributed by atoms with E-state index in [1.807, 2.05) is 20.8 Å². The minimum Gasteiger partial charge on any atom is -0.409 e. The molecule has 0 radical (unpaired) electrons. The number of rotatable bonds is 5. The van der Waals surface area contributed by atoms with E-state index in [4.69, 9.17) is 10.9 Å². The maximum Gasteiger partial charge on any atom is 0.213 e. The van der Waals surface area contributed by atoms with Crippen LogP contribution in [0.1, 0.15) is 32.4 Å². The molecule has 7 heteroatoms. The van der Waals surface area contributed by atoms with Gasteiger partial charge in [0, 0.05) is 0 Å². The average molecular weight is 299 g/mol. The molecule has 0 saturated heterocycles. The number of hydrogen-bond donors (Lipinski definition) is 3. The zero-order valence-electron chi connectivity index (χ0n) is 11.9. The van der Waals surface area contributed by atoms with Gasteiger partial charge in [-0.1, -0.05) is 56.3 Å². The van der Waals surface area contributed by atoms with Gasteiger partial charge in [0.15, 0.2) is 5.84 Å². The second-order valence-corrected chi connectivity index (χ2v) is 7.56. The van der Waals surface area contributed by atoms with Crippen LogP contribution in [0.5, 0.6) is 0 Å². The molecule has 6 nitrogen and oxygen atoms in total. The first-order chi connectivity index (χ1) is 9.14. The summed E-state index contributed by atoms with van der Waals surface area (Å²) in [6.45, 7) is 5.48. The van der Waals surface area contributed by atoms with Crippen LogP contribution in [-0.4, -0.2) is 25.2 Å². The third-order valence-electron chi connectivity index (χ3n) is 2.46. The minimum absolute atomic E-state index is 0.0535. The highest BCUT2D eigenvalue weighted by Crippen LogP contribution is 2.19. The van der Waals surface area contributed by atoms with E-state index in [-0.39, 0.29) is 11.6 Å². The number of nitrogens with two attached hydrogens (primary N) is 1. The molecule has 0 aliphatic rings. The summed E-state index contributed by atoms with van der Waals surface area (Å²) < 4.78 is 26.8. The Bertz CT molecular complexity index is 562. The summed E-state index contributed by atoms with van der Waals surface area (Å²) in [5.74, 6) is -0.254. The fourth-order valence-electron chi connectivity index (χ4n) is 1.79. The van der Waals surface area contributed by atoms with E-state index < -0.39 is 21.5 Å². The summed E-state index contributed by atoms with van der Waals surface area (Å²) >= 11 is 0. The smallest absolute Gasteiger partial charge is 0.213 e. The van der Waals surface area contributed by atoms with E-state index in [1.54, 1.807) is 30.3 Å². The van der Waals surface area contributed by atoms with Crippen LogP contribution in [-0.2, 0) is 10.0 Å². The second kappa shape index (κ2) is 6.23. The lowest BCUT2D eigenvalue weighted by Crippen LogP contribution is -2.40. The van der Waals surface area contributed by atoms with Crippen molar-refractivity contribution in [2.75, 3.05) is 5.75 Å². The first-order valence-electron chi connectivity index (χ1n) is 6.17. The Morgan fingerprint density at radius 3 is 2.35 bits per heavy atom. The van der Waals surface area contributed by atoms with E-state index in [0.29, 0.717) is 5.56 Å². The van der Waals surface area contributed by atoms with Gasteiger partial charge in [0.05, 0.1) is 5.75 Å². The average Bonchev–Trinajstić information content (AvgIpc) is 2.33. The van der Waals surface area contributed by atoms with Crippen molar-refractivity contribution >= 4 is 15.9 Å². The number of amidine groups is 1. The monoisotopic (exact) mass is 299 g/mol. The fourth-order valence-corrected chi connectivity index (χ4v) is 3.63. The highest BCUT2D eigenvalue weighted by molar-refractivity contribution is 7.89. The number of nitrogens with one attached hydrogen (secondary N) is 1. The predicted molar refractivity (Wildman–Crippen MR) is 79.0 cm³/mol. The predicted octanol–water partition coefficient (Wildman–Crippen LogP) is 1.44. The molecule has 0 fully saturated rings. The molecule has 0 bridgehead atoms. The first-order valence-corrected chi connectivity index (χ1v) is 7.82. The van der Waals surface area contributed by atoms with E-state index in [2.05, 4.69) is 9.88 Å². The molecule has 112 valence electrons. The Labute approximate surface area is 119 Å². The Hall–Kier alpha value is -1.60. The SMILES string of the molecule is CC(C)(C)CS(=O)(=O)NC(C(N)=NO)c1ccccc1. The first kappa shape index (κ1) is 16.5. The van der Waals surface area contributed by atoms with Crippen LogP contribution in [0, 0.1) is 5.41 Å². The number of oxime groups is 1. The third kappa shape index (κ3) is 5.18. The Morgan fingerprint density at radius 2 is 1.90 bits per heavy atom. The van der Waals surface area contributed by atoms with Crippen LogP contribution < -0.4 is 10.5 Å². The van der Waals surface area contributed by atoms with E-state index >= 15 is 0 Å². The Morgan fingerprint density at radius 1 is 1.35 bits per heavy atom. The summed E-state index contributed by atoms with van der Waals surface area (Å²) in [6, 6.07) is 7.85. The number of nitrogens with zero attached hydrogens (tertiary/aromatic N) is 1. The second-order valence-electron chi connectivity index (χ2n) is 5.81. The van der Waals surface area contributed by atoms with Gasteiger partial charge in [-0.05, 0) is 11.0 Å². The lowest BCUT2D eigenvalue weighted by molar-refractivity contribution is 0.315. The van der Waals surface area contributed by atoms with Crippen molar-refractivity contribution in [3.8, 4) is 0 Å².